The molecule has 0 saturated heterocycles. The van der Waals surface area contributed by atoms with E-state index in [1.54, 1.807) is 18.6 Å². The van der Waals surface area contributed by atoms with Gasteiger partial charge >= 0.3 is 0 Å². The van der Waals surface area contributed by atoms with E-state index in [1.807, 2.05) is 24.3 Å². The molecule has 0 radical (unpaired) electrons. The van der Waals surface area contributed by atoms with Crippen molar-refractivity contribution in [2.75, 3.05) is 6.54 Å². The summed E-state index contributed by atoms with van der Waals surface area (Å²) >= 11 is 0. The van der Waals surface area contributed by atoms with Crippen LogP contribution in [0.4, 0.5) is 0 Å². The van der Waals surface area contributed by atoms with E-state index < -0.39 is 5.60 Å². The van der Waals surface area contributed by atoms with Crippen LogP contribution in [0.15, 0.2) is 42.9 Å². The molecule has 0 bridgehead atoms. The Kier molecular flexibility index (Phi) is 4.65. The number of ether oxygens (including phenoxy) is 1. The first-order valence-electron chi connectivity index (χ1n) is 7.69. The topological polar surface area (TPSA) is 67.3 Å². The van der Waals surface area contributed by atoms with E-state index in [9.17, 15) is 5.11 Å². The molecule has 0 spiro atoms. The van der Waals surface area contributed by atoms with Crippen molar-refractivity contribution in [3.05, 3.63) is 48.4 Å². The first kappa shape index (κ1) is 14.9. The molecule has 0 aliphatic heterocycles. The lowest BCUT2D eigenvalue weighted by atomic mass is 10.0. The van der Waals surface area contributed by atoms with Crippen LogP contribution in [0.1, 0.15) is 31.2 Å². The van der Waals surface area contributed by atoms with E-state index in [4.69, 9.17) is 4.74 Å². The Labute approximate surface area is 130 Å². The van der Waals surface area contributed by atoms with Crippen LogP contribution in [0.2, 0.25) is 0 Å². The van der Waals surface area contributed by atoms with Crippen molar-refractivity contribution in [3.8, 4) is 11.6 Å². The number of hydrogen-bond donors (Lipinski definition) is 2. The van der Waals surface area contributed by atoms with E-state index in [0.717, 1.165) is 43.5 Å². The van der Waals surface area contributed by atoms with Crippen LogP contribution in [-0.4, -0.2) is 27.2 Å². The van der Waals surface area contributed by atoms with Gasteiger partial charge in [-0.15, -0.1) is 0 Å². The van der Waals surface area contributed by atoms with Crippen molar-refractivity contribution in [2.24, 2.45) is 0 Å². The fourth-order valence-electron chi connectivity index (χ4n) is 2.78. The zero-order valence-electron chi connectivity index (χ0n) is 12.5. The third kappa shape index (κ3) is 4.02. The molecule has 5 heteroatoms. The van der Waals surface area contributed by atoms with Gasteiger partial charge in [-0.2, -0.15) is 0 Å². The third-order valence-corrected chi connectivity index (χ3v) is 4.00. The summed E-state index contributed by atoms with van der Waals surface area (Å²) in [4.78, 5) is 8.03. The van der Waals surface area contributed by atoms with Crippen molar-refractivity contribution < 1.29 is 9.84 Å². The summed E-state index contributed by atoms with van der Waals surface area (Å²) in [6, 6.07) is 7.85. The van der Waals surface area contributed by atoms with E-state index >= 15 is 0 Å². The SMILES string of the molecule is OC1(CNCc2ccc(Oc3cnccn3)cc2)CCCC1. The van der Waals surface area contributed by atoms with E-state index in [0.29, 0.717) is 12.4 Å². The van der Waals surface area contributed by atoms with Gasteiger partial charge in [0.05, 0.1) is 11.8 Å². The van der Waals surface area contributed by atoms with Crippen molar-refractivity contribution in [1.29, 1.82) is 0 Å². The fourth-order valence-corrected chi connectivity index (χ4v) is 2.78. The average Bonchev–Trinajstić information content (AvgIpc) is 2.97. The molecule has 1 aromatic heterocycles. The summed E-state index contributed by atoms with van der Waals surface area (Å²) in [5.74, 6) is 1.22. The summed E-state index contributed by atoms with van der Waals surface area (Å²) in [7, 11) is 0. The Hall–Kier alpha value is -1.98. The average molecular weight is 299 g/mol. The zero-order valence-corrected chi connectivity index (χ0v) is 12.5. The lowest BCUT2D eigenvalue weighted by Gasteiger charge is -2.22. The van der Waals surface area contributed by atoms with Crippen molar-refractivity contribution >= 4 is 0 Å². The molecular formula is C17H21N3O2. The van der Waals surface area contributed by atoms with Crippen LogP contribution in [0.5, 0.6) is 11.6 Å². The van der Waals surface area contributed by atoms with Crippen molar-refractivity contribution in [2.45, 2.75) is 37.8 Å². The van der Waals surface area contributed by atoms with Crippen molar-refractivity contribution in [1.82, 2.24) is 15.3 Å². The van der Waals surface area contributed by atoms with Gasteiger partial charge in [-0.05, 0) is 30.5 Å². The highest BCUT2D eigenvalue weighted by Gasteiger charge is 2.30. The number of nitrogens with zero attached hydrogens (tertiary/aromatic N) is 2. The second kappa shape index (κ2) is 6.85. The smallest absolute Gasteiger partial charge is 0.237 e. The Morgan fingerprint density at radius 1 is 1.14 bits per heavy atom. The molecule has 0 atom stereocenters. The standard InChI is InChI=1S/C17H21N3O2/c21-17(7-1-2-8-17)13-19-11-14-3-5-15(6-4-14)22-16-12-18-9-10-20-16/h3-6,9-10,12,19,21H,1-2,7-8,11,13H2. The van der Waals surface area contributed by atoms with Crippen LogP contribution in [-0.2, 0) is 6.54 Å². The maximum atomic E-state index is 10.3. The molecule has 5 nitrogen and oxygen atoms in total. The van der Waals surface area contributed by atoms with Gasteiger partial charge < -0.3 is 15.2 Å². The van der Waals surface area contributed by atoms with Gasteiger partial charge in [-0.3, -0.25) is 4.98 Å². The zero-order chi connectivity index (χ0) is 15.3. The molecule has 116 valence electrons. The Morgan fingerprint density at radius 2 is 1.91 bits per heavy atom. The normalized spacial score (nSPS) is 16.6. The van der Waals surface area contributed by atoms with E-state index in [1.165, 1.54) is 0 Å². The number of aliphatic hydroxyl groups is 1. The number of benzene rings is 1. The molecule has 0 unspecified atom stereocenters. The molecule has 1 saturated carbocycles. The summed E-state index contributed by atoms with van der Waals surface area (Å²) in [5.41, 5.74) is 0.655. The minimum absolute atomic E-state index is 0.483. The van der Waals surface area contributed by atoms with Crippen molar-refractivity contribution in [3.63, 3.8) is 0 Å². The lowest BCUT2D eigenvalue weighted by Crippen LogP contribution is -2.37. The van der Waals surface area contributed by atoms with Gasteiger partial charge in [-0.1, -0.05) is 25.0 Å². The van der Waals surface area contributed by atoms with Gasteiger partial charge in [0.1, 0.15) is 5.75 Å². The number of aromatic nitrogens is 2. The third-order valence-electron chi connectivity index (χ3n) is 4.00. The highest BCUT2D eigenvalue weighted by atomic mass is 16.5. The maximum absolute atomic E-state index is 10.3. The van der Waals surface area contributed by atoms with Crippen LogP contribution in [0, 0.1) is 0 Å². The molecule has 0 amide bonds. The minimum atomic E-state index is -0.505. The lowest BCUT2D eigenvalue weighted by molar-refractivity contribution is 0.0475. The second-order valence-electron chi connectivity index (χ2n) is 5.82. The largest absolute Gasteiger partial charge is 0.438 e. The molecule has 3 rings (SSSR count). The number of rotatable bonds is 6. The van der Waals surface area contributed by atoms with Gasteiger partial charge in [0.2, 0.25) is 5.88 Å². The number of hydrogen-bond acceptors (Lipinski definition) is 5. The molecule has 1 aliphatic carbocycles. The molecule has 2 aromatic rings. The predicted octanol–water partition coefficient (Wildman–Crippen LogP) is 2.66. The molecule has 1 aromatic carbocycles. The Balaban J connectivity index is 1.49. The monoisotopic (exact) mass is 299 g/mol. The van der Waals surface area contributed by atoms with E-state index in [2.05, 4.69) is 15.3 Å². The predicted molar refractivity (Wildman–Crippen MR) is 83.7 cm³/mol. The molecule has 1 aliphatic rings. The summed E-state index contributed by atoms with van der Waals surface area (Å²) in [6.07, 6.45) is 8.87. The molecule has 2 N–H and O–H groups in total. The van der Waals surface area contributed by atoms with Crippen LogP contribution in [0.25, 0.3) is 0 Å². The fraction of sp³-hybridized carbons (Fsp3) is 0.412. The van der Waals surface area contributed by atoms with Crippen LogP contribution >= 0.6 is 0 Å². The Bertz CT molecular complexity index is 581. The Morgan fingerprint density at radius 3 is 2.59 bits per heavy atom. The molecule has 22 heavy (non-hydrogen) atoms. The van der Waals surface area contributed by atoms with Crippen LogP contribution in [0.3, 0.4) is 0 Å². The number of nitrogens with one attached hydrogen (secondary N) is 1. The first-order valence-corrected chi connectivity index (χ1v) is 7.69. The highest BCUT2D eigenvalue weighted by Crippen LogP contribution is 2.28. The van der Waals surface area contributed by atoms with Gasteiger partial charge in [0.15, 0.2) is 0 Å². The quantitative estimate of drug-likeness (QED) is 0.858. The maximum Gasteiger partial charge on any atom is 0.237 e. The minimum Gasteiger partial charge on any atom is -0.438 e. The molecular weight excluding hydrogens is 278 g/mol. The van der Waals surface area contributed by atoms with Gasteiger partial charge in [0, 0.05) is 25.5 Å². The molecule has 1 fully saturated rings. The van der Waals surface area contributed by atoms with Gasteiger partial charge in [-0.25, -0.2) is 4.98 Å². The molecule has 1 heterocycles. The summed E-state index contributed by atoms with van der Waals surface area (Å²) in [6.45, 7) is 1.40. The first-order chi connectivity index (χ1) is 10.7. The summed E-state index contributed by atoms with van der Waals surface area (Å²) < 4.78 is 5.60. The summed E-state index contributed by atoms with van der Waals surface area (Å²) in [5, 5.41) is 13.6. The second-order valence-corrected chi connectivity index (χ2v) is 5.82. The van der Waals surface area contributed by atoms with Gasteiger partial charge in [0.25, 0.3) is 0 Å². The van der Waals surface area contributed by atoms with Crippen LogP contribution < -0.4 is 10.1 Å². The highest BCUT2D eigenvalue weighted by molar-refractivity contribution is 5.29. The van der Waals surface area contributed by atoms with E-state index in [-0.39, 0.29) is 0 Å².